The van der Waals surface area contributed by atoms with Crippen molar-refractivity contribution in [3.05, 3.63) is 6.42 Å². The Bertz CT molecular complexity index is 117. The van der Waals surface area contributed by atoms with Crippen molar-refractivity contribution in [3.8, 4) is 0 Å². The van der Waals surface area contributed by atoms with Gasteiger partial charge in [-0.05, 0) is 19.3 Å². The smallest absolute Gasteiger partial charge is 0.334 e. The van der Waals surface area contributed by atoms with Gasteiger partial charge in [0.1, 0.15) is 0 Å². The first-order valence-electron chi connectivity index (χ1n) is 2.69. The molecule has 0 spiro atoms. The Balaban J connectivity index is 0.000000640. The summed E-state index contributed by atoms with van der Waals surface area (Å²) >= 11 is 0. The van der Waals surface area contributed by atoms with Crippen molar-refractivity contribution in [1.29, 1.82) is 0 Å². The summed E-state index contributed by atoms with van der Waals surface area (Å²) in [6.07, 6.45) is 3.06. The van der Waals surface area contributed by atoms with Crippen LogP contribution in [0.2, 0.25) is 0 Å². The molecule has 1 rings (SSSR count). The zero-order chi connectivity index (χ0) is 5.98. The Kier molecular flexibility index (Phi) is 4.19. The van der Waals surface area contributed by atoms with E-state index in [1.807, 2.05) is 0 Å². The Morgan fingerprint density at radius 2 is 1.56 bits per heavy atom. The maximum absolute atomic E-state index is 10.4. The third-order valence-corrected chi connectivity index (χ3v) is 1.17. The first-order chi connectivity index (χ1) is 3.79. The average molecular weight is 134 g/mol. The molecule has 0 bridgehead atoms. The molecular weight excluding hydrogens is 127 g/mol. The van der Waals surface area contributed by atoms with Crippen LogP contribution >= 0.6 is 0 Å². The molecule has 1 saturated carbocycles. The van der Waals surface area contributed by atoms with Crippen LogP contribution in [0.4, 0.5) is 0 Å². The van der Waals surface area contributed by atoms with Crippen LogP contribution in [0, 0.1) is 6.42 Å². The molecule has 0 aliphatic heterocycles. The molecule has 0 aromatic heterocycles. The number of rotatable bonds is 0. The van der Waals surface area contributed by atoms with Gasteiger partial charge in [-0.15, -0.1) is 0 Å². The molecule has 2 nitrogen and oxygen atoms in total. The number of hydrogen-bond donors (Lipinski definition) is 0. The first kappa shape index (κ1) is 9.21. The number of carbonyl (C=O) groups excluding carboxylic acids is 2. The zero-order valence-electron chi connectivity index (χ0n) is 5.52. The van der Waals surface area contributed by atoms with Crippen molar-refractivity contribution in [3.63, 3.8) is 0 Å². The zero-order valence-corrected chi connectivity index (χ0v) is 7.52. The molecule has 0 N–H and O–H groups in total. The minimum Gasteiger partial charge on any atom is -0.334 e. The van der Waals surface area contributed by atoms with E-state index < -0.39 is 0 Å². The molecule has 0 aromatic carbocycles. The van der Waals surface area contributed by atoms with Crippen LogP contribution in [0.25, 0.3) is 0 Å². The van der Waals surface area contributed by atoms with E-state index >= 15 is 0 Å². The van der Waals surface area contributed by atoms with Gasteiger partial charge >= 0.3 is 29.6 Å². The Hall–Kier alpha value is 0.210. The number of Topliss-reactive ketones (excluding diaryl/α,β-unsaturated/α-hetero) is 2. The van der Waals surface area contributed by atoms with Crippen LogP contribution in [0.5, 0.6) is 0 Å². The predicted octanol–water partition coefficient (Wildman–Crippen LogP) is -2.48. The van der Waals surface area contributed by atoms with E-state index in [2.05, 4.69) is 0 Å². The molecule has 44 valence electrons. The summed E-state index contributed by atoms with van der Waals surface area (Å²) in [5.41, 5.74) is 0. The molecule has 1 aliphatic rings. The predicted molar refractivity (Wildman–Crippen MR) is 28.2 cm³/mol. The second-order valence-corrected chi connectivity index (χ2v) is 1.93. The third-order valence-electron chi connectivity index (χ3n) is 1.17. The molecule has 1 aliphatic carbocycles. The van der Waals surface area contributed by atoms with Gasteiger partial charge in [0.05, 0.1) is 0 Å². The topological polar surface area (TPSA) is 34.1 Å². The summed E-state index contributed by atoms with van der Waals surface area (Å²) in [5, 5.41) is 0. The van der Waals surface area contributed by atoms with Gasteiger partial charge in [-0.25, -0.2) is 0 Å². The summed E-state index contributed by atoms with van der Waals surface area (Å²) in [6, 6.07) is 0. The second-order valence-electron chi connectivity index (χ2n) is 1.93. The molecular formula is C6H7NaO2. The van der Waals surface area contributed by atoms with E-state index in [9.17, 15) is 9.59 Å². The fourth-order valence-corrected chi connectivity index (χ4v) is 0.761. The van der Waals surface area contributed by atoms with Crippen molar-refractivity contribution in [2.75, 3.05) is 0 Å². The van der Waals surface area contributed by atoms with Crippen molar-refractivity contribution in [2.24, 2.45) is 0 Å². The van der Waals surface area contributed by atoms with E-state index in [0.717, 1.165) is 6.42 Å². The molecule has 0 amide bonds. The number of carbonyl (C=O) groups is 2. The summed E-state index contributed by atoms with van der Waals surface area (Å²) < 4.78 is 0. The minimum absolute atomic E-state index is 0. The van der Waals surface area contributed by atoms with Crippen LogP contribution in [-0.4, -0.2) is 11.6 Å². The molecule has 0 heterocycles. The van der Waals surface area contributed by atoms with Gasteiger partial charge in [-0.2, -0.15) is 0 Å². The summed E-state index contributed by atoms with van der Waals surface area (Å²) in [5.74, 6) is -0.0255. The molecule has 0 atom stereocenters. The molecule has 0 unspecified atom stereocenters. The average Bonchev–Trinajstić information content (AvgIpc) is 1.64. The quantitative estimate of drug-likeness (QED) is 0.271. The molecule has 0 radical (unpaired) electrons. The fourth-order valence-electron chi connectivity index (χ4n) is 0.761. The maximum atomic E-state index is 10.4. The van der Waals surface area contributed by atoms with E-state index in [-0.39, 0.29) is 41.1 Å². The van der Waals surface area contributed by atoms with E-state index in [0.29, 0.717) is 12.8 Å². The van der Waals surface area contributed by atoms with Gasteiger partial charge in [0, 0.05) is 11.6 Å². The Labute approximate surface area is 76.3 Å². The van der Waals surface area contributed by atoms with Crippen LogP contribution in [-0.2, 0) is 9.59 Å². The van der Waals surface area contributed by atoms with Crippen LogP contribution in [0.3, 0.4) is 0 Å². The monoisotopic (exact) mass is 134 g/mol. The van der Waals surface area contributed by atoms with E-state index in [4.69, 9.17) is 0 Å². The van der Waals surface area contributed by atoms with Crippen molar-refractivity contribution >= 4 is 11.6 Å². The largest absolute Gasteiger partial charge is 1.00 e. The first-order valence-corrected chi connectivity index (χ1v) is 2.69. The standard InChI is InChI=1S/C6H7O2.Na/c7-5-2-1-3-6(8)4-5;/h4H,1-3H2;/q-1;+1. The Morgan fingerprint density at radius 3 is 1.78 bits per heavy atom. The van der Waals surface area contributed by atoms with Gasteiger partial charge in [-0.3, -0.25) is 6.42 Å². The number of ketones is 2. The van der Waals surface area contributed by atoms with Gasteiger partial charge in [0.15, 0.2) is 0 Å². The van der Waals surface area contributed by atoms with Gasteiger partial charge < -0.3 is 9.59 Å². The minimum atomic E-state index is -0.0127. The second kappa shape index (κ2) is 4.09. The van der Waals surface area contributed by atoms with Crippen molar-refractivity contribution in [2.45, 2.75) is 19.3 Å². The van der Waals surface area contributed by atoms with Gasteiger partial charge in [-0.1, -0.05) is 0 Å². The molecule has 3 heteroatoms. The van der Waals surface area contributed by atoms with Crippen LogP contribution < -0.4 is 29.6 Å². The summed E-state index contributed by atoms with van der Waals surface area (Å²) in [6.45, 7) is 0. The molecule has 1 fully saturated rings. The van der Waals surface area contributed by atoms with Gasteiger partial charge in [0.25, 0.3) is 0 Å². The van der Waals surface area contributed by atoms with Crippen LogP contribution in [0.1, 0.15) is 19.3 Å². The van der Waals surface area contributed by atoms with E-state index in [1.165, 1.54) is 6.42 Å². The van der Waals surface area contributed by atoms with Crippen LogP contribution in [0.15, 0.2) is 0 Å². The maximum Gasteiger partial charge on any atom is 1.00 e. The van der Waals surface area contributed by atoms with Crippen molar-refractivity contribution in [1.82, 2.24) is 0 Å². The number of hydrogen-bond acceptors (Lipinski definition) is 2. The fraction of sp³-hybridized carbons (Fsp3) is 0.500. The normalized spacial score (nSPS) is 18.2. The third kappa shape index (κ3) is 3.04. The Morgan fingerprint density at radius 1 is 1.11 bits per heavy atom. The molecule has 0 aromatic rings. The van der Waals surface area contributed by atoms with Gasteiger partial charge in [0.2, 0.25) is 0 Å². The van der Waals surface area contributed by atoms with E-state index in [1.54, 1.807) is 0 Å². The molecule has 0 saturated heterocycles. The molecule has 9 heavy (non-hydrogen) atoms. The van der Waals surface area contributed by atoms with Crippen molar-refractivity contribution < 1.29 is 39.1 Å². The SMILES string of the molecule is O=C1[CH-]C(=O)CCC1.[Na+]. The summed E-state index contributed by atoms with van der Waals surface area (Å²) in [4.78, 5) is 20.8. The summed E-state index contributed by atoms with van der Waals surface area (Å²) in [7, 11) is 0.